The van der Waals surface area contributed by atoms with E-state index in [2.05, 4.69) is 0 Å². The van der Waals surface area contributed by atoms with Crippen LogP contribution in [0.2, 0.25) is 0 Å². The van der Waals surface area contributed by atoms with Crippen molar-refractivity contribution in [3.05, 3.63) is 29.8 Å². The van der Waals surface area contributed by atoms with Crippen molar-refractivity contribution in [3.63, 3.8) is 0 Å². The fraction of sp³-hybridized carbons (Fsp3) is 0.100. The lowest BCUT2D eigenvalue weighted by Crippen LogP contribution is -1.81. The van der Waals surface area contributed by atoms with Crippen LogP contribution in [0.15, 0.2) is 24.3 Å². The molecule has 13 heavy (non-hydrogen) atoms. The molecule has 1 aromatic rings. The van der Waals surface area contributed by atoms with E-state index in [1.807, 2.05) is 0 Å². The van der Waals surface area contributed by atoms with Gasteiger partial charge in [-0.05, 0) is 25.1 Å². The monoisotopic (exact) mass is 178 g/mol. The minimum atomic E-state index is -0.208. The minimum absolute atomic E-state index is 0.109. The van der Waals surface area contributed by atoms with Gasteiger partial charge in [0, 0.05) is 5.56 Å². The molecule has 2 N–H and O–H groups in total. The van der Waals surface area contributed by atoms with Crippen LogP contribution in [0, 0.1) is 0 Å². The van der Waals surface area contributed by atoms with Crippen molar-refractivity contribution in [2.24, 2.45) is 0 Å². The predicted octanol–water partition coefficient (Wildman–Crippen LogP) is 1.70. The lowest BCUT2D eigenvalue weighted by molar-refractivity contribution is -0.112. The molecule has 0 aromatic heterocycles. The van der Waals surface area contributed by atoms with E-state index in [9.17, 15) is 9.90 Å². The molecule has 1 rings (SSSR count). The molecule has 0 fully saturated rings. The Morgan fingerprint density at radius 2 is 2.08 bits per heavy atom. The zero-order chi connectivity index (χ0) is 9.84. The summed E-state index contributed by atoms with van der Waals surface area (Å²) in [5.41, 5.74) is 0.426. The third kappa shape index (κ3) is 2.33. The molecule has 0 spiro atoms. The van der Waals surface area contributed by atoms with Gasteiger partial charge in [-0.2, -0.15) is 0 Å². The fourth-order valence-corrected chi connectivity index (χ4v) is 0.890. The molecule has 3 nitrogen and oxygen atoms in total. The molecule has 0 aliphatic rings. The van der Waals surface area contributed by atoms with Gasteiger partial charge in [-0.15, -0.1) is 0 Å². The Balaban J connectivity index is 3.02. The Bertz CT molecular complexity index is 353. The zero-order valence-corrected chi connectivity index (χ0v) is 7.19. The Morgan fingerprint density at radius 3 is 2.69 bits per heavy atom. The number of phenolic OH excluding ortho intramolecular Hbond substituents is 2. The van der Waals surface area contributed by atoms with Crippen LogP contribution < -0.4 is 0 Å². The number of carbonyl (C=O) groups excluding carboxylic acids is 1. The molecule has 68 valence electrons. The Hall–Kier alpha value is -1.77. The molecular weight excluding hydrogens is 168 g/mol. The van der Waals surface area contributed by atoms with Crippen molar-refractivity contribution in [3.8, 4) is 11.5 Å². The van der Waals surface area contributed by atoms with Crippen LogP contribution in [0.5, 0.6) is 11.5 Å². The molecule has 1 aromatic carbocycles. The maximum Gasteiger partial charge on any atom is 0.164 e. The summed E-state index contributed by atoms with van der Waals surface area (Å²) in [5, 5.41) is 18.4. The molecule has 0 unspecified atom stereocenters. The van der Waals surface area contributed by atoms with E-state index in [1.165, 1.54) is 25.1 Å². The van der Waals surface area contributed by atoms with Crippen LogP contribution in [0.25, 0.3) is 6.08 Å². The topological polar surface area (TPSA) is 57.5 Å². The van der Waals surface area contributed by atoms with Gasteiger partial charge < -0.3 is 10.2 Å². The normalized spacial score (nSPS) is 10.5. The van der Waals surface area contributed by atoms with Gasteiger partial charge in [0.25, 0.3) is 0 Å². The first-order valence-corrected chi connectivity index (χ1v) is 3.81. The number of allylic oxidation sites excluding steroid dienone is 1. The van der Waals surface area contributed by atoms with Crippen molar-refractivity contribution in [2.75, 3.05) is 0 Å². The lowest BCUT2D eigenvalue weighted by atomic mass is 10.1. The number of benzene rings is 1. The maximum atomic E-state index is 10.6. The number of rotatable bonds is 2. The highest BCUT2D eigenvalue weighted by Crippen LogP contribution is 2.28. The van der Waals surface area contributed by atoms with Gasteiger partial charge in [-0.25, -0.2) is 0 Å². The summed E-state index contributed by atoms with van der Waals surface area (Å²) in [5.74, 6) is -0.506. The first kappa shape index (κ1) is 9.32. The first-order valence-electron chi connectivity index (χ1n) is 3.81. The Morgan fingerprint density at radius 1 is 1.38 bits per heavy atom. The number of aromatic hydroxyl groups is 2. The molecule has 0 saturated heterocycles. The molecule has 0 radical (unpaired) electrons. The number of hydrogen-bond acceptors (Lipinski definition) is 3. The van der Waals surface area contributed by atoms with Gasteiger partial charge in [-0.3, -0.25) is 4.79 Å². The van der Waals surface area contributed by atoms with Gasteiger partial charge in [0.1, 0.15) is 0 Å². The van der Waals surface area contributed by atoms with Crippen LogP contribution in [-0.4, -0.2) is 16.0 Å². The number of phenols is 2. The molecule has 0 saturated carbocycles. The Labute approximate surface area is 76.0 Å². The quantitative estimate of drug-likeness (QED) is 0.535. The van der Waals surface area contributed by atoms with Crippen molar-refractivity contribution in [1.29, 1.82) is 0 Å². The molecule has 3 heteroatoms. The molecule has 0 heterocycles. The van der Waals surface area contributed by atoms with Gasteiger partial charge in [0.15, 0.2) is 17.3 Å². The van der Waals surface area contributed by atoms with Gasteiger partial charge >= 0.3 is 0 Å². The predicted molar refractivity (Wildman–Crippen MR) is 49.5 cm³/mol. The molecular formula is C10H10O3. The number of ketones is 1. The van der Waals surface area contributed by atoms with Crippen LogP contribution in [0.1, 0.15) is 12.5 Å². The standard InChI is InChI=1S/C10H10O3/c1-7(11)5-6-8-3-2-4-9(12)10(8)13/h2-6,12-13H,1H3/b6-5+. The van der Waals surface area contributed by atoms with E-state index >= 15 is 0 Å². The van der Waals surface area contributed by atoms with E-state index in [0.717, 1.165) is 0 Å². The van der Waals surface area contributed by atoms with Crippen molar-refractivity contribution < 1.29 is 15.0 Å². The third-order valence-electron chi connectivity index (χ3n) is 1.54. The number of carbonyl (C=O) groups is 1. The number of hydrogen-bond donors (Lipinski definition) is 2. The molecule has 0 aliphatic heterocycles. The van der Waals surface area contributed by atoms with Crippen LogP contribution in [0.4, 0.5) is 0 Å². The third-order valence-corrected chi connectivity index (χ3v) is 1.54. The summed E-state index contributed by atoms with van der Waals surface area (Å²) in [4.78, 5) is 10.6. The van der Waals surface area contributed by atoms with E-state index in [4.69, 9.17) is 5.11 Å². The molecule has 0 amide bonds. The number of para-hydroxylation sites is 1. The van der Waals surface area contributed by atoms with E-state index in [0.29, 0.717) is 5.56 Å². The maximum absolute atomic E-state index is 10.6. The minimum Gasteiger partial charge on any atom is -0.504 e. The van der Waals surface area contributed by atoms with Crippen molar-refractivity contribution in [2.45, 2.75) is 6.92 Å². The second-order valence-corrected chi connectivity index (χ2v) is 2.66. The largest absolute Gasteiger partial charge is 0.504 e. The average molecular weight is 178 g/mol. The summed E-state index contributed by atoms with van der Waals surface area (Å²) >= 11 is 0. The summed E-state index contributed by atoms with van der Waals surface area (Å²) in [6.07, 6.45) is 2.78. The molecule has 0 aliphatic carbocycles. The average Bonchev–Trinajstić information content (AvgIpc) is 2.07. The summed E-state index contributed by atoms with van der Waals surface area (Å²) in [6, 6.07) is 4.57. The summed E-state index contributed by atoms with van der Waals surface area (Å²) in [7, 11) is 0. The van der Waals surface area contributed by atoms with E-state index in [-0.39, 0.29) is 17.3 Å². The van der Waals surface area contributed by atoms with Crippen LogP contribution >= 0.6 is 0 Å². The van der Waals surface area contributed by atoms with E-state index in [1.54, 1.807) is 12.1 Å². The van der Waals surface area contributed by atoms with E-state index < -0.39 is 0 Å². The van der Waals surface area contributed by atoms with Gasteiger partial charge in [0.05, 0.1) is 0 Å². The summed E-state index contributed by atoms with van der Waals surface area (Å²) < 4.78 is 0. The zero-order valence-electron chi connectivity index (χ0n) is 7.19. The van der Waals surface area contributed by atoms with Crippen molar-refractivity contribution >= 4 is 11.9 Å². The highest BCUT2D eigenvalue weighted by atomic mass is 16.3. The fourth-order valence-electron chi connectivity index (χ4n) is 0.890. The Kier molecular flexibility index (Phi) is 2.69. The SMILES string of the molecule is CC(=O)/C=C/c1cccc(O)c1O. The smallest absolute Gasteiger partial charge is 0.164 e. The highest BCUT2D eigenvalue weighted by molar-refractivity contribution is 5.92. The van der Waals surface area contributed by atoms with Crippen LogP contribution in [0.3, 0.4) is 0 Å². The van der Waals surface area contributed by atoms with Gasteiger partial charge in [-0.1, -0.05) is 12.1 Å². The second kappa shape index (κ2) is 3.76. The molecule has 0 bridgehead atoms. The highest BCUT2D eigenvalue weighted by Gasteiger charge is 2.01. The molecule has 0 atom stereocenters. The first-order chi connectivity index (χ1) is 6.11. The lowest BCUT2D eigenvalue weighted by Gasteiger charge is -1.99. The second-order valence-electron chi connectivity index (χ2n) is 2.66. The van der Waals surface area contributed by atoms with Crippen LogP contribution in [-0.2, 0) is 4.79 Å². The van der Waals surface area contributed by atoms with Crippen molar-refractivity contribution in [1.82, 2.24) is 0 Å². The van der Waals surface area contributed by atoms with Gasteiger partial charge in [0.2, 0.25) is 0 Å². The summed E-state index contributed by atoms with van der Waals surface area (Å²) in [6.45, 7) is 1.41.